The maximum absolute atomic E-state index is 12.8. The van der Waals surface area contributed by atoms with E-state index >= 15 is 0 Å². The van der Waals surface area contributed by atoms with Crippen molar-refractivity contribution in [3.05, 3.63) is 53.8 Å². The average Bonchev–Trinajstić information content (AvgIpc) is 2.90. The lowest BCUT2D eigenvalue weighted by Gasteiger charge is -2.15. The van der Waals surface area contributed by atoms with E-state index in [0.29, 0.717) is 28.5 Å². The Morgan fingerprint density at radius 2 is 1.46 bits per heavy atom. The number of anilines is 1. The van der Waals surface area contributed by atoms with Gasteiger partial charge in [-0.25, -0.2) is 4.90 Å². The Kier molecular flexibility index (Phi) is 4.53. The molecule has 26 heavy (non-hydrogen) atoms. The van der Waals surface area contributed by atoms with Crippen molar-refractivity contribution in [2.24, 2.45) is 0 Å². The Morgan fingerprint density at radius 1 is 0.808 bits per heavy atom. The fraction of sp³-hybridized carbons (Fsp3) is 0.158. The molecule has 0 fully saturated rings. The van der Waals surface area contributed by atoms with Crippen molar-refractivity contribution in [2.45, 2.75) is 0 Å². The quantitative estimate of drug-likeness (QED) is 0.830. The zero-order valence-electron chi connectivity index (χ0n) is 14.5. The Hall–Kier alpha value is -3.48. The third-order valence-corrected chi connectivity index (χ3v) is 4.06. The molecule has 1 aliphatic rings. The fourth-order valence-electron chi connectivity index (χ4n) is 2.74. The molecule has 0 unspecified atom stereocenters. The molecule has 2 aromatic carbocycles. The van der Waals surface area contributed by atoms with E-state index in [1.807, 2.05) is 0 Å². The van der Waals surface area contributed by atoms with Crippen molar-refractivity contribution in [3.8, 4) is 17.2 Å². The minimum Gasteiger partial charge on any atom is -0.502 e. The topological polar surface area (TPSA) is 85.3 Å². The van der Waals surface area contributed by atoms with Gasteiger partial charge in [0.15, 0.2) is 17.3 Å². The van der Waals surface area contributed by atoms with Gasteiger partial charge in [-0.3, -0.25) is 9.59 Å². The van der Waals surface area contributed by atoms with E-state index in [9.17, 15) is 14.7 Å². The summed E-state index contributed by atoms with van der Waals surface area (Å²) in [6, 6.07) is 11.1. The van der Waals surface area contributed by atoms with Gasteiger partial charge in [0.05, 0.1) is 32.6 Å². The maximum atomic E-state index is 12.8. The van der Waals surface area contributed by atoms with Gasteiger partial charge in [-0.15, -0.1) is 0 Å². The molecule has 134 valence electrons. The second-order valence-electron chi connectivity index (χ2n) is 5.44. The van der Waals surface area contributed by atoms with Crippen LogP contribution in [0.15, 0.2) is 48.2 Å². The van der Waals surface area contributed by atoms with E-state index in [0.717, 1.165) is 4.90 Å². The molecule has 2 aromatic rings. The first kappa shape index (κ1) is 17.3. The van der Waals surface area contributed by atoms with E-state index in [1.54, 1.807) is 36.4 Å². The number of aliphatic hydroxyl groups is 1. The van der Waals surface area contributed by atoms with Crippen LogP contribution in [0, 0.1) is 0 Å². The number of hydrogen-bond donors (Lipinski definition) is 1. The Labute approximate surface area is 150 Å². The number of benzene rings is 2. The van der Waals surface area contributed by atoms with Gasteiger partial charge in [-0.05, 0) is 42.0 Å². The van der Waals surface area contributed by atoms with E-state index in [1.165, 1.54) is 27.4 Å². The molecular formula is C19H17NO6. The lowest BCUT2D eigenvalue weighted by Crippen LogP contribution is -2.31. The smallest absolute Gasteiger partial charge is 0.301 e. The van der Waals surface area contributed by atoms with Gasteiger partial charge in [0.1, 0.15) is 5.75 Å². The summed E-state index contributed by atoms with van der Waals surface area (Å²) in [6.07, 6.45) is 0. The van der Waals surface area contributed by atoms with Crippen molar-refractivity contribution in [1.29, 1.82) is 0 Å². The SMILES string of the molecule is COc1ccc(N2C(=O)C(O)=C(c3ccc(OC)c(OC)c3)C2=O)cc1. The van der Waals surface area contributed by atoms with Crippen LogP contribution in [0.2, 0.25) is 0 Å². The lowest BCUT2D eigenvalue weighted by molar-refractivity contribution is -0.121. The van der Waals surface area contributed by atoms with Gasteiger partial charge in [0, 0.05) is 0 Å². The highest BCUT2D eigenvalue weighted by molar-refractivity contribution is 6.44. The average molecular weight is 355 g/mol. The number of aliphatic hydroxyl groups excluding tert-OH is 1. The molecule has 1 N–H and O–H groups in total. The molecule has 0 saturated heterocycles. The molecule has 0 spiro atoms. The number of carbonyl (C=O) groups is 2. The number of carbonyl (C=O) groups excluding carboxylic acids is 2. The summed E-state index contributed by atoms with van der Waals surface area (Å²) in [5, 5.41) is 10.3. The Balaban J connectivity index is 2.01. The molecule has 0 radical (unpaired) electrons. The standard InChI is InChI=1S/C19H17NO6/c1-24-13-7-5-12(6-8-13)20-18(22)16(17(21)19(20)23)11-4-9-14(25-2)15(10-11)26-3/h4-10,21H,1-3H3. The number of amides is 2. The molecule has 0 aromatic heterocycles. The molecule has 1 aliphatic heterocycles. The highest BCUT2D eigenvalue weighted by Gasteiger charge is 2.40. The van der Waals surface area contributed by atoms with Gasteiger partial charge < -0.3 is 19.3 Å². The van der Waals surface area contributed by atoms with Gasteiger partial charge in [-0.1, -0.05) is 6.07 Å². The van der Waals surface area contributed by atoms with Gasteiger partial charge >= 0.3 is 5.91 Å². The summed E-state index contributed by atoms with van der Waals surface area (Å²) in [7, 11) is 4.47. The van der Waals surface area contributed by atoms with Crippen molar-refractivity contribution in [1.82, 2.24) is 0 Å². The third kappa shape index (κ3) is 2.73. The molecule has 0 atom stereocenters. The van der Waals surface area contributed by atoms with E-state index in [2.05, 4.69) is 0 Å². The van der Waals surface area contributed by atoms with E-state index < -0.39 is 17.6 Å². The van der Waals surface area contributed by atoms with Crippen molar-refractivity contribution in [2.75, 3.05) is 26.2 Å². The number of ether oxygens (including phenoxy) is 3. The first-order chi connectivity index (χ1) is 12.5. The Morgan fingerprint density at radius 3 is 2.04 bits per heavy atom. The largest absolute Gasteiger partial charge is 0.502 e. The number of methoxy groups -OCH3 is 3. The summed E-state index contributed by atoms with van der Waals surface area (Å²) in [5.74, 6) is -0.577. The minimum atomic E-state index is -0.787. The van der Waals surface area contributed by atoms with Gasteiger partial charge in [-0.2, -0.15) is 0 Å². The van der Waals surface area contributed by atoms with Crippen LogP contribution in [0.5, 0.6) is 17.2 Å². The van der Waals surface area contributed by atoms with Gasteiger partial charge in [0.2, 0.25) is 0 Å². The van der Waals surface area contributed by atoms with Crippen LogP contribution in [0.3, 0.4) is 0 Å². The summed E-state index contributed by atoms with van der Waals surface area (Å²) < 4.78 is 15.5. The molecule has 0 saturated carbocycles. The van der Waals surface area contributed by atoms with Crippen LogP contribution in [-0.4, -0.2) is 38.3 Å². The first-order valence-electron chi connectivity index (χ1n) is 7.70. The highest BCUT2D eigenvalue weighted by Crippen LogP contribution is 2.36. The summed E-state index contributed by atoms with van der Waals surface area (Å²) in [5.41, 5.74) is 0.601. The van der Waals surface area contributed by atoms with Crippen LogP contribution >= 0.6 is 0 Å². The number of rotatable bonds is 5. The minimum absolute atomic E-state index is 0.0910. The monoisotopic (exact) mass is 355 g/mol. The molecule has 0 bridgehead atoms. The summed E-state index contributed by atoms with van der Waals surface area (Å²) in [6.45, 7) is 0. The summed E-state index contributed by atoms with van der Waals surface area (Å²) >= 11 is 0. The van der Waals surface area contributed by atoms with Crippen molar-refractivity contribution in [3.63, 3.8) is 0 Å². The second-order valence-corrected chi connectivity index (χ2v) is 5.44. The molecule has 0 aliphatic carbocycles. The van der Waals surface area contributed by atoms with Crippen LogP contribution in [-0.2, 0) is 9.59 Å². The predicted octanol–water partition coefficient (Wildman–Crippen LogP) is 2.55. The molecule has 7 heteroatoms. The van der Waals surface area contributed by atoms with Crippen LogP contribution < -0.4 is 19.1 Å². The zero-order chi connectivity index (χ0) is 18.8. The first-order valence-corrected chi connectivity index (χ1v) is 7.70. The molecular weight excluding hydrogens is 338 g/mol. The zero-order valence-corrected chi connectivity index (χ0v) is 14.5. The second kappa shape index (κ2) is 6.79. The maximum Gasteiger partial charge on any atom is 0.301 e. The van der Waals surface area contributed by atoms with Crippen molar-refractivity contribution < 1.29 is 28.9 Å². The Bertz CT molecular complexity index is 901. The number of nitrogens with zero attached hydrogens (tertiary/aromatic N) is 1. The van der Waals surface area contributed by atoms with Crippen LogP contribution in [0.25, 0.3) is 5.57 Å². The number of hydrogen-bond acceptors (Lipinski definition) is 6. The number of imide groups is 1. The van der Waals surface area contributed by atoms with Crippen molar-refractivity contribution >= 4 is 23.1 Å². The molecule has 7 nitrogen and oxygen atoms in total. The van der Waals surface area contributed by atoms with Crippen LogP contribution in [0.4, 0.5) is 5.69 Å². The predicted molar refractivity (Wildman–Crippen MR) is 94.6 cm³/mol. The summed E-state index contributed by atoms with van der Waals surface area (Å²) in [4.78, 5) is 26.2. The molecule has 3 rings (SSSR count). The van der Waals surface area contributed by atoms with Gasteiger partial charge in [0.25, 0.3) is 5.91 Å². The fourth-order valence-corrected chi connectivity index (χ4v) is 2.74. The van der Waals surface area contributed by atoms with E-state index in [-0.39, 0.29) is 5.57 Å². The molecule has 2 amide bonds. The lowest BCUT2D eigenvalue weighted by atomic mass is 10.0. The molecule has 1 heterocycles. The normalized spacial score (nSPS) is 14.0. The highest BCUT2D eigenvalue weighted by atomic mass is 16.5. The third-order valence-electron chi connectivity index (χ3n) is 4.06. The van der Waals surface area contributed by atoms with E-state index in [4.69, 9.17) is 14.2 Å². The van der Waals surface area contributed by atoms with Crippen LogP contribution in [0.1, 0.15) is 5.56 Å².